The Labute approximate surface area is 123 Å². The van der Waals surface area contributed by atoms with Gasteiger partial charge in [-0.05, 0) is 29.3 Å². The van der Waals surface area contributed by atoms with Crippen LogP contribution >= 0.6 is 0 Å². The van der Waals surface area contributed by atoms with E-state index in [9.17, 15) is 9.59 Å². The molecule has 0 fully saturated rings. The van der Waals surface area contributed by atoms with Crippen LogP contribution < -0.4 is 4.90 Å². The zero-order valence-electron chi connectivity index (χ0n) is 11.7. The van der Waals surface area contributed by atoms with Crippen LogP contribution in [0.5, 0.6) is 0 Å². The van der Waals surface area contributed by atoms with Crippen LogP contribution in [0.2, 0.25) is 0 Å². The summed E-state index contributed by atoms with van der Waals surface area (Å²) in [6.07, 6.45) is 0.455. The van der Waals surface area contributed by atoms with Gasteiger partial charge >= 0.3 is 5.97 Å². The maximum atomic E-state index is 12.1. The van der Waals surface area contributed by atoms with E-state index in [1.807, 2.05) is 36.4 Å². The van der Waals surface area contributed by atoms with Crippen LogP contribution in [-0.2, 0) is 22.5 Å². The van der Waals surface area contributed by atoms with Crippen LogP contribution in [0, 0.1) is 0 Å². The average molecular weight is 281 g/mol. The average Bonchev–Trinajstić information content (AvgIpc) is 2.83. The second-order valence-electron chi connectivity index (χ2n) is 4.97. The first-order valence-electron chi connectivity index (χ1n) is 6.74. The number of fused-ring (bicyclic) bond motifs is 1. The van der Waals surface area contributed by atoms with Gasteiger partial charge < -0.3 is 9.64 Å². The third-order valence-electron chi connectivity index (χ3n) is 3.64. The molecule has 0 aliphatic carbocycles. The number of rotatable bonds is 3. The van der Waals surface area contributed by atoms with E-state index >= 15 is 0 Å². The molecule has 0 bridgehead atoms. The van der Waals surface area contributed by atoms with Gasteiger partial charge in [-0.2, -0.15) is 0 Å². The highest BCUT2D eigenvalue weighted by Crippen LogP contribution is 2.29. The third kappa shape index (κ3) is 2.52. The van der Waals surface area contributed by atoms with E-state index in [0.717, 1.165) is 16.8 Å². The smallest absolute Gasteiger partial charge is 0.337 e. The summed E-state index contributed by atoms with van der Waals surface area (Å²) in [7, 11) is 1.36. The van der Waals surface area contributed by atoms with E-state index in [-0.39, 0.29) is 11.9 Å². The Morgan fingerprint density at radius 1 is 1.14 bits per heavy atom. The Morgan fingerprint density at radius 2 is 1.86 bits per heavy atom. The van der Waals surface area contributed by atoms with Crippen LogP contribution in [0.25, 0.3) is 0 Å². The highest BCUT2D eigenvalue weighted by molar-refractivity contribution is 6.01. The number of nitrogens with zero attached hydrogens (tertiary/aromatic N) is 1. The second kappa shape index (κ2) is 5.40. The topological polar surface area (TPSA) is 46.6 Å². The summed E-state index contributed by atoms with van der Waals surface area (Å²) in [5.74, 6) is -0.252. The molecule has 0 atom stereocenters. The molecular formula is C17H15NO3. The molecule has 0 radical (unpaired) electrons. The number of carbonyl (C=O) groups excluding carboxylic acids is 2. The first kappa shape index (κ1) is 13.4. The SMILES string of the molecule is COC(=O)c1ccc(CN2C(=O)Cc3ccccc32)cc1. The Morgan fingerprint density at radius 3 is 2.57 bits per heavy atom. The van der Waals surface area contributed by atoms with E-state index in [1.54, 1.807) is 17.0 Å². The molecule has 106 valence electrons. The first-order valence-corrected chi connectivity index (χ1v) is 6.74. The van der Waals surface area contributed by atoms with E-state index < -0.39 is 0 Å². The largest absolute Gasteiger partial charge is 0.465 e. The van der Waals surface area contributed by atoms with E-state index in [4.69, 9.17) is 0 Å². The first-order chi connectivity index (χ1) is 10.2. The fraction of sp³-hybridized carbons (Fsp3) is 0.176. The lowest BCUT2D eigenvalue weighted by molar-refractivity contribution is -0.117. The molecule has 1 aliphatic heterocycles. The van der Waals surface area contributed by atoms with Crippen molar-refractivity contribution in [2.24, 2.45) is 0 Å². The molecule has 3 rings (SSSR count). The number of para-hydroxylation sites is 1. The number of amides is 1. The van der Waals surface area contributed by atoms with Gasteiger partial charge in [-0.15, -0.1) is 0 Å². The van der Waals surface area contributed by atoms with Gasteiger partial charge in [-0.1, -0.05) is 30.3 Å². The predicted molar refractivity (Wildman–Crippen MR) is 79.1 cm³/mol. The van der Waals surface area contributed by atoms with E-state index in [1.165, 1.54) is 7.11 Å². The summed E-state index contributed by atoms with van der Waals surface area (Å²) in [5, 5.41) is 0. The van der Waals surface area contributed by atoms with Crippen molar-refractivity contribution in [2.45, 2.75) is 13.0 Å². The second-order valence-corrected chi connectivity index (χ2v) is 4.97. The van der Waals surface area contributed by atoms with Crippen LogP contribution in [0.4, 0.5) is 5.69 Å². The van der Waals surface area contributed by atoms with Crippen LogP contribution in [0.3, 0.4) is 0 Å². The molecule has 1 aliphatic rings. The Bertz CT molecular complexity index is 691. The number of hydrogen-bond acceptors (Lipinski definition) is 3. The molecule has 1 amide bonds. The minimum Gasteiger partial charge on any atom is -0.465 e. The summed E-state index contributed by atoms with van der Waals surface area (Å²) in [4.78, 5) is 25.3. The number of carbonyl (C=O) groups is 2. The van der Waals surface area contributed by atoms with Crippen molar-refractivity contribution in [3.8, 4) is 0 Å². The maximum absolute atomic E-state index is 12.1. The van der Waals surface area contributed by atoms with Gasteiger partial charge in [-0.25, -0.2) is 4.79 Å². The number of anilines is 1. The van der Waals surface area contributed by atoms with Crippen molar-refractivity contribution in [1.29, 1.82) is 0 Å². The lowest BCUT2D eigenvalue weighted by Crippen LogP contribution is -2.25. The standard InChI is InChI=1S/C17H15NO3/c1-21-17(20)13-8-6-12(7-9-13)11-18-15-5-3-2-4-14(15)10-16(18)19/h2-9H,10-11H2,1H3. The molecule has 0 saturated heterocycles. The number of esters is 1. The summed E-state index contributed by atoms with van der Waals surface area (Å²) in [6.45, 7) is 0.511. The van der Waals surface area contributed by atoms with Crippen LogP contribution in [0.1, 0.15) is 21.5 Å². The quantitative estimate of drug-likeness (QED) is 0.812. The van der Waals surface area contributed by atoms with Crippen molar-refractivity contribution in [3.63, 3.8) is 0 Å². The fourth-order valence-corrected chi connectivity index (χ4v) is 2.54. The monoisotopic (exact) mass is 281 g/mol. The molecule has 1 heterocycles. The molecule has 0 saturated carbocycles. The van der Waals surface area contributed by atoms with Crippen molar-refractivity contribution < 1.29 is 14.3 Å². The predicted octanol–water partition coefficient (Wildman–Crippen LogP) is 2.56. The highest BCUT2D eigenvalue weighted by atomic mass is 16.5. The maximum Gasteiger partial charge on any atom is 0.337 e. The lowest BCUT2D eigenvalue weighted by Gasteiger charge is -2.17. The molecule has 0 N–H and O–H groups in total. The third-order valence-corrected chi connectivity index (χ3v) is 3.64. The zero-order chi connectivity index (χ0) is 14.8. The van der Waals surface area contributed by atoms with Gasteiger partial charge in [0.1, 0.15) is 0 Å². The number of hydrogen-bond donors (Lipinski definition) is 0. The molecule has 4 nitrogen and oxygen atoms in total. The van der Waals surface area contributed by atoms with Crippen molar-refractivity contribution in [2.75, 3.05) is 12.0 Å². The molecule has 0 spiro atoms. The van der Waals surface area contributed by atoms with Crippen LogP contribution in [-0.4, -0.2) is 19.0 Å². The van der Waals surface area contributed by atoms with Gasteiger partial charge in [0.25, 0.3) is 0 Å². The van der Waals surface area contributed by atoms with E-state index in [0.29, 0.717) is 18.5 Å². The number of benzene rings is 2. The Hall–Kier alpha value is -2.62. The molecule has 0 unspecified atom stereocenters. The van der Waals surface area contributed by atoms with Crippen LogP contribution in [0.15, 0.2) is 48.5 Å². The summed E-state index contributed by atoms with van der Waals surface area (Å²) < 4.78 is 4.67. The van der Waals surface area contributed by atoms with Crippen molar-refractivity contribution in [1.82, 2.24) is 0 Å². The molecule has 4 heteroatoms. The van der Waals surface area contributed by atoms with Gasteiger partial charge in [0.05, 0.1) is 25.6 Å². The molecule has 2 aromatic carbocycles. The minimum atomic E-state index is -0.357. The van der Waals surface area contributed by atoms with E-state index in [2.05, 4.69) is 4.74 Å². The van der Waals surface area contributed by atoms with Gasteiger partial charge in [0.2, 0.25) is 5.91 Å². The van der Waals surface area contributed by atoms with Crippen molar-refractivity contribution in [3.05, 3.63) is 65.2 Å². The minimum absolute atomic E-state index is 0.105. The fourth-order valence-electron chi connectivity index (χ4n) is 2.54. The number of methoxy groups -OCH3 is 1. The molecule has 2 aromatic rings. The molecular weight excluding hydrogens is 266 g/mol. The summed E-state index contributed by atoms with van der Waals surface area (Å²) >= 11 is 0. The molecule has 21 heavy (non-hydrogen) atoms. The zero-order valence-corrected chi connectivity index (χ0v) is 11.7. The summed E-state index contributed by atoms with van der Waals surface area (Å²) in [6, 6.07) is 14.9. The van der Waals surface area contributed by atoms with Gasteiger partial charge in [0, 0.05) is 5.69 Å². The normalized spacial score (nSPS) is 13.2. The van der Waals surface area contributed by atoms with Crippen molar-refractivity contribution >= 4 is 17.6 Å². The lowest BCUT2D eigenvalue weighted by atomic mass is 10.1. The Balaban J connectivity index is 1.81. The molecule has 0 aromatic heterocycles. The highest BCUT2D eigenvalue weighted by Gasteiger charge is 2.26. The Kier molecular flexibility index (Phi) is 3.44. The van der Waals surface area contributed by atoms with Gasteiger partial charge in [0.15, 0.2) is 0 Å². The van der Waals surface area contributed by atoms with Gasteiger partial charge in [-0.3, -0.25) is 4.79 Å². The summed E-state index contributed by atoms with van der Waals surface area (Å²) in [5.41, 5.74) is 3.52. The number of ether oxygens (including phenoxy) is 1.